The third kappa shape index (κ3) is 2.27. The van der Waals surface area contributed by atoms with Gasteiger partial charge in [-0.15, -0.1) is 0 Å². The van der Waals surface area contributed by atoms with Crippen molar-refractivity contribution < 1.29 is 18.3 Å². The fourth-order valence-corrected chi connectivity index (χ4v) is 2.83. The van der Waals surface area contributed by atoms with Crippen LogP contribution >= 0.6 is 15.9 Å². The number of sulfonamides is 1. The van der Waals surface area contributed by atoms with Crippen molar-refractivity contribution in [1.82, 2.24) is 0 Å². The van der Waals surface area contributed by atoms with Crippen LogP contribution in [-0.4, -0.2) is 24.0 Å². The van der Waals surface area contributed by atoms with Crippen molar-refractivity contribution >= 4 is 26.0 Å². The first-order valence-corrected chi connectivity index (χ1v) is 7.77. The molecular weight excluding hydrogens is 322 g/mol. The maximum atomic E-state index is 11.3. The monoisotopic (exact) mass is 335 g/mol. The predicted octanol–water partition coefficient (Wildman–Crippen LogP) is 1.30. The Bertz CT molecular complexity index is 585. The number of hydrogen-bond donors (Lipinski definition) is 2. The van der Waals surface area contributed by atoms with Crippen molar-refractivity contribution in [1.29, 1.82) is 0 Å². The number of hydrogen-bond acceptors (Lipinski definition) is 4. The molecule has 0 aliphatic carbocycles. The first-order valence-electron chi connectivity index (χ1n) is 5.31. The molecule has 2 atom stereocenters. The number of aliphatic hydroxyl groups excluding tert-OH is 1. The van der Waals surface area contributed by atoms with Gasteiger partial charge in [0, 0.05) is 5.56 Å². The summed E-state index contributed by atoms with van der Waals surface area (Å²) in [4.78, 5) is -0.378. The molecule has 2 rings (SSSR count). The van der Waals surface area contributed by atoms with E-state index in [0.717, 1.165) is 0 Å². The molecule has 0 aromatic heterocycles. The van der Waals surface area contributed by atoms with Crippen LogP contribution in [0, 0.1) is 0 Å². The third-order valence-corrected chi connectivity index (χ3v) is 5.46. The highest BCUT2D eigenvalue weighted by Gasteiger charge is 2.41. The maximum Gasteiger partial charge on any atom is 0.238 e. The minimum Gasteiger partial charge on any atom is -0.486 e. The molecule has 0 amide bonds. The zero-order valence-electron chi connectivity index (χ0n) is 9.92. The predicted molar refractivity (Wildman–Crippen MR) is 70.2 cm³/mol. The van der Waals surface area contributed by atoms with E-state index in [9.17, 15) is 13.5 Å². The Hall–Kier alpha value is -0.630. The number of primary sulfonamides is 1. The van der Waals surface area contributed by atoms with Crippen molar-refractivity contribution in [3.63, 3.8) is 0 Å². The lowest BCUT2D eigenvalue weighted by atomic mass is 9.91. The summed E-state index contributed by atoms with van der Waals surface area (Å²) < 4.78 is 28.3. The largest absolute Gasteiger partial charge is 0.486 e. The SMILES string of the molecule is CC1(C)Oc2ccc(S(N)(=O)=O)cc2C(O)C1Br. The molecule has 0 saturated carbocycles. The molecule has 1 aromatic rings. The van der Waals surface area contributed by atoms with Crippen LogP contribution in [-0.2, 0) is 10.0 Å². The summed E-state index contributed by atoms with van der Waals surface area (Å²) in [6.07, 6.45) is -0.856. The maximum absolute atomic E-state index is 11.3. The summed E-state index contributed by atoms with van der Waals surface area (Å²) in [5, 5.41) is 15.3. The van der Waals surface area contributed by atoms with Crippen LogP contribution in [0.1, 0.15) is 25.5 Å². The molecule has 1 aliphatic heterocycles. The van der Waals surface area contributed by atoms with Crippen LogP contribution in [0.15, 0.2) is 23.1 Å². The summed E-state index contributed by atoms with van der Waals surface area (Å²) in [6, 6.07) is 4.23. The van der Waals surface area contributed by atoms with Gasteiger partial charge >= 0.3 is 0 Å². The van der Waals surface area contributed by atoms with Gasteiger partial charge in [0.15, 0.2) is 0 Å². The molecule has 18 heavy (non-hydrogen) atoms. The van der Waals surface area contributed by atoms with E-state index >= 15 is 0 Å². The Morgan fingerprint density at radius 1 is 1.44 bits per heavy atom. The van der Waals surface area contributed by atoms with Crippen LogP contribution in [0.2, 0.25) is 0 Å². The zero-order chi connectivity index (χ0) is 13.7. The van der Waals surface area contributed by atoms with Crippen molar-refractivity contribution in [3.05, 3.63) is 23.8 Å². The molecule has 0 saturated heterocycles. The quantitative estimate of drug-likeness (QED) is 0.757. The summed E-state index contributed by atoms with van der Waals surface area (Å²) in [5.41, 5.74) is -0.169. The standard InChI is InChI=1S/C11H14BrNO4S/c1-11(2)10(12)9(14)7-5-6(18(13,15)16)3-4-8(7)17-11/h3-5,9-10,14H,1-2H3,(H2,13,15,16). The van der Waals surface area contributed by atoms with Gasteiger partial charge in [-0.1, -0.05) is 15.9 Å². The topological polar surface area (TPSA) is 89.6 Å². The van der Waals surface area contributed by atoms with E-state index < -0.39 is 21.7 Å². The lowest BCUT2D eigenvalue weighted by molar-refractivity contribution is 0.0223. The molecule has 1 aliphatic rings. The number of ether oxygens (including phenoxy) is 1. The van der Waals surface area contributed by atoms with E-state index in [2.05, 4.69) is 15.9 Å². The number of benzene rings is 1. The van der Waals surface area contributed by atoms with Gasteiger partial charge in [-0.3, -0.25) is 0 Å². The summed E-state index contributed by atoms with van der Waals surface area (Å²) in [5.74, 6) is 0.468. The number of alkyl halides is 1. The smallest absolute Gasteiger partial charge is 0.238 e. The molecule has 0 spiro atoms. The van der Waals surface area contributed by atoms with E-state index in [1.54, 1.807) is 0 Å². The van der Waals surface area contributed by atoms with Crippen LogP contribution < -0.4 is 9.88 Å². The van der Waals surface area contributed by atoms with Gasteiger partial charge in [-0.05, 0) is 32.0 Å². The fraction of sp³-hybridized carbons (Fsp3) is 0.455. The second-order valence-electron chi connectivity index (χ2n) is 4.80. The van der Waals surface area contributed by atoms with E-state index in [0.29, 0.717) is 11.3 Å². The number of halogens is 1. The Morgan fingerprint density at radius 2 is 2.06 bits per heavy atom. The van der Waals surface area contributed by atoms with E-state index in [1.807, 2.05) is 13.8 Å². The van der Waals surface area contributed by atoms with Crippen LogP contribution in [0.5, 0.6) is 5.75 Å². The van der Waals surface area contributed by atoms with Crippen LogP contribution in [0.4, 0.5) is 0 Å². The zero-order valence-corrected chi connectivity index (χ0v) is 12.3. The molecule has 100 valence electrons. The molecule has 3 N–H and O–H groups in total. The van der Waals surface area contributed by atoms with Crippen molar-refractivity contribution in [3.8, 4) is 5.75 Å². The molecular formula is C11H14BrNO4S. The van der Waals surface area contributed by atoms with Crippen molar-refractivity contribution in [2.24, 2.45) is 5.14 Å². The van der Waals surface area contributed by atoms with Gasteiger partial charge in [0.05, 0.1) is 15.8 Å². The second kappa shape index (κ2) is 4.19. The number of fused-ring (bicyclic) bond motifs is 1. The van der Waals surface area contributed by atoms with Crippen molar-refractivity contribution in [2.45, 2.75) is 35.3 Å². The minimum atomic E-state index is -3.79. The number of aliphatic hydroxyl groups is 1. The molecule has 1 heterocycles. The molecule has 7 heteroatoms. The molecule has 1 aromatic carbocycles. The molecule has 5 nitrogen and oxygen atoms in total. The summed E-state index contributed by atoms with van der Waals surface area (Å²) in [6.45, 7) is 3.68. The lowest BCUT2D eigenvalue weighted by Crippen LogP contribution is -2.45. The molecule has 2 unspecified atom stereocenters. The van der Waals surface area contributed by atoms with E-state index in [4.69, 9.17) is 9.88 Å². The summed E-state index contributed by atoms with van der Waals surface area (Å²) in [7, 11) is -3.79. The Morgan fingerprint density at radius 3 is 2.61 bits per heavy atom. The van der Waals surface area contributed by atoms with Crippen LogP contribution in [0.25, 0.3) is 0 Å². The highest BCUT2D eigenvalue weighted by atomic mass is 79.9. The number of rotatable bonds is 1. The molecule has 0 radical (unpaired) electrons. The fourth-order valence-electron chi connectivity index (χ4n) is 1.91. The first-order chi connectivity index (χ1) is 8.13. The van der Waals surface area contributed by atoms with Crippen LogP contribution in [0.3, 0.4) is 0 Å². The molecule has 0 fully saturated rings. The Balaban J connectivity index is 2.56. The molecule has 0 bridgehead atoms. The Labute approximate surface area is 114 Å². The van der Waals surface area contributed by atoms with E-state index in [1.165, 1.54) is 18.2 Å². The lowest BCUT2D eigenvalue weighted by Gasteiger charge is -2.40. The highest BCUT2D eigenvalue weighted by Crippen LogP contribution is 2.43. The van der Waals surface area contributed by atoms with Gasteiger partial charge in [0.25, 0.3) is 0 Å². The van der Waals surface area contributed by atoms with Gasteiger partial charge in [-0.25, -0.2) is 13.6 Å². The third-order valence-electron chi connectivity index (χ3n) is 2.94. The average Bonchev–Trinajstić information content (AvgIpc) is 2.24. The Kier molecular flexibility index (Phi) is 3.21. The first kappa shape index (κ1) is 13.8. The second-order valence-corrected chi connectivity index (χ2v) is 7.34. The van der Waals surface area contributed by atoms with Gasteiger partial charge < -0.3 is 9.84 Å². The highest BCUT2D eigenvalue weighted by molar-refractivity contribution is 9.09. The minimum absolute atomic E-state index is 0.0386. The van der Waals surface area contributed by atoms with Gasteiger partial charge in [0.2, 0.25) is 10.0 Å². The normalized spacial score (nSPS) is 26.3. The van der Waals surface area contributed by atoms with Gasteiger partial charge in [0.1, 0.15) is 11.4 Å². The van der Waals surface area contributed by atoms with Crippen molar-refractivity contribution in [2.75, 3.05) is 0 Å². The van der Waals surface area contributed by atoms with E-state index in [-0.39, 0.29) is 9.72 Å². The van der Waals surface area contributed by atoms with Gasteiger partial charge in [-0.2, -0.15) is 0 Å². The number of nitrogens with two attached hydrogens (primary N) is 1. The summed E-state index contributed by atoms with van der Waals surface area (Å²) >= 11 is 3.36. The average molecular weight is 336 g/mol.